The smallest absolute Gasteiger partial charge is 0.191 e. The van der Waals surface area contributed by atoms with E-state index in [4.69, 9.17) is 9.73 Å². The second-order valence-electron chi connectivity index (χ2n) is 8.85. The number of aliphatic imine (C=N–C) groups is 1. The van der Waals surface area contributed by atoms with Crippen molar-refractivity contribution in [2.24, 2.45) is 10.9 Å². The summed E-state index contributed by atoms with van der Waals surface area (Å²) < 4.78 is 7.18. The van der Waals surface area contributed by atoms with E-state index in [0.29, 0.717) is 18.6 Å². The summed E-state index contributed by atoms with van der Waals surface area (Å²) in [5, 5.41) is 11.6. The Bertz CT molecular complexity index is 873. The highest BCUT2D eigenvalue weighted by Crippen LogP contribution is 2.17. The molecule has 0 radical (unpaired) electrons. The number of ether oxygens (including phenoxy) is 1. The van der Waals surface area contributed by atoms with Gasteiger partial charge in [0.1, 0.15) is 12.4 Å². The van der Waals surface area contributed by atoms with E-state index in [1.54, 1.807) is 7.11 Å². The van der Waals surface area contributed by atoms with E-state index in [1.807, 2.05) is 4.68 Å². The summed E-state index contributed by atoms with van der Waals surface area (Å²) in [6.07, 6.45) is 4.31. The van der Waals surface area contributed by atoms with Gasteiger partial charge in [-0.25, -0.2) is 9.67 Å². The normalized spacial score (nSPS) is 20.8. The van der Waals surface area contributed by atoms with E-state index in [2.05, 4.69) is 62.9 Å². The van der Waals surface area contributed by atoms with Crippen LogP contribution in [0.3, 0.4) is 0 Å². The van der Waals surface area contributed by atoms with Gasteiger partial charge in [-0.05, 0) is 44.2 Å². The first-order valence-electron chi connectivity index (χ1n) is 12.0. The van der Waals surface area contributed by atoms with Gasteiger partial charge in [-0.2, -0.15) is 5.10 Å². The van der Waals surface area contributed by atoms with Crippen LogP contribution >= 0.6 is 24.0 Å². The van der Waals surface area contributed by atoms with Gasteiger partial charge in [0.2, 0.25) is 0 Å². The van der Waals surface area contributed by atoms with Crippen molar-refractivity contribution in [3.05, 3.63) is 47.5 Å². The molecule has 2 aliphatic heterocycles. The Labute approximate surface area is 214 Å². The molecule has 2 N–H and O–H groups in total. The topological polar surface area (TPSA) is 79.6 Å². The molecule has 3 heterocycles. The van der Waals surface area contributed by atoms with Crippen LogP contribution in [0, 0.1) is 5.92 Å². The van der Waals surface area contributed by atoms with Crippen LogP contribution in [0.4, 0.5) is 0 Å². The number of methoxy groups -OCH3 is 1. The van der Waals surface area contributed by atoms with Gasteiger partial charge in [-0.1, -0.05) is 30.3 Å². The number of halogens is 1. The number of aromatic nitrogens is 3. The average Bonchev–Trinajstić information content (AvgIpc) is 3.43. The number of hydrogen-bond acceptors (Lipinski definition) is 5. The summed E-state index contributed by atoms with van der Waals surface area (Å²) in [7, 11) is 1.68. The number of aryl methyl sites for hydroxylation is 1. The Hall–Kier alpha value is -1.72. The van der Waals surface area contributed by atoms with Crippen molar-refractivity contribution in [3.63, 3.8) is 0 Å². The van der Waals surface area contributed by atoms with Gasteiger partial charge >= 0.3 is 0 Å². The molecule has 0 bridgehead atoms. The Morgan fingerprint density at radius 1 is 1.21 bits per heavy atom. The fraction of sp³-hybridized carbons (Fsp3) is 0.625. The third-order valence-corrected chi connectivity index (χ3v) is 6.30. The molecule has 2 atom stereocenters. The van der Waals surface area contributed by atoms with E-state index in [9.17, 15) is 0 Å². The lowest BCUT2D eigenvalue weighted by atomic mass is 10.1. The first-order chi connectivity index (χ1) is 15.7. The fourth-order valence-corrected chi connectivity index (χ4v) is 4.60. The number of rotatable bonds is 9. The van der Waals surface area contributed by atoms with Crippen LogP contribution in [-0.4, -0.2) is 71.5 Å². The lowest BCUT2D eigenvalue weighted by Crippen LogP contribution is -2.47. The summed E-state index contributed by atoms with van der Waals surface area (Å²) in [5.74, 6) is 3.37. The van der Waals surface area contributed by atoms with Crippen LogP contribution in [0.1, 0.15) is 37.0 Å². The van der Waals surface area contributed by atoms with Crippen molar-refractivity contribution in [1.29, 1.82) is 0 Å². The summed E-state index contributed by atoms with van der Waals surface area (Å²) in [6.45, 7) is 8.58. The quantitative estimate of drug-likeness (QED) is 0.276. The molecule has 9 heteroatoms. The molecule has 182 valence electrons. The van der Waals surface area contributed by atoms with E-state index in [-0.39, 0.29) is 24.0 Å². The third-order valence-electron chi connectivity index (χ3n) is 6.30. The van der Waals surface area contributed by atoms with Crippen LogP contribution < -0.4 is 10.6 Å². The molecule has 0 amide bonds. The summed E-state index contributed by atoms with van der Waals surface area (Å²) in [6, 6.07) is 11.1. The van der Waals surface area contributed by atoms with E-state index >= 15 is 0 Å². The molecule has 1 saturated heterocycles. The zero-order chi connectivity index (χ0) is 22.2. The second-order valence-corrected chi connectivity index (χ2v) is 8.85. The van der Waals surface area contributed by atoms with Crippen LogP contribution in [0.15, 0.2) is 35.3 Å². The maximum Gasteiger partial charge on any atom is 0.191 e. The first-order valence-corrected chi connectivity index (χ1v) is 12.0. The largest absolute Gasteiger partial charge is 0.377 e. The van der Waals surface area contributed by atoms with Crippen molar-refractivity contribution in [2.45, 2.75) is 51.8 Å². The van der Waals surface area contributed by atoms with Crippen molar-refractivity contribution >= 4 is 29.9 Å². The lowest BCUT2D eigenvalue weighted by Gasteiger charge is -2.25. The molecule has 33 heavy (non-hydrogen) atoms. The highest BCUT2D eigenvalue weighted by Gasteiger charge is 2.24. The minimum Gasteiger partial charge on any atom is -0.377 e. The Balaban J connectivity index is 0.00000306. The highest BCUT2D eigenvalue weighted by atomic mass is 127. The fourth-order valence-electron chi connectivity index (χ4n) is 4.60. The molecule has 0 spiro atoms. The summed E-state index contributed by atoms with van der Waals surface area (Å²) in [5.41, 5.74) is 1.42. The zero-order valence-electron chi connectivity index (χ0n) is 19.9. The van der Waals surface area contributed by atoms with Crippen LogP contribution in [0.25, 0.3) is 0 Å². The lowest BCUT2D eigenvalue weighted by molar-refractivity contribution is 0.177. The van der Waals surface area contributed by atoms with Gasteiger partial charge in [0, 0.05) is 45.8 Å². The molecule has 1 aromatic carbocycles. The van der Waals surface area contributed by atoms with Crippen molar-refractivity contribution in [3.8, 4) is 0 Å². The van der Waals surface area contributed by atoms with E-state index < -0.39 is 0 Å². The van der Waals surface area contributed by atoms with Gasteiger partial charge in [-0.3, -0.25) is 4.99 Å². The number of hydrogen-bond donors (Lipinski definition) is 2. The predicted molar refractivity (Wildman–Crippen MR) is 142 cm³/mol. The molecule has 2 aromatic rings. The molecular weight excluding hydrogens is 529 g/mol. The number of nitrogens with one attached hydrogen (secondary N) is 2. The third kappa shape index (κ3) is 7.65. The molecular formula is C24H38IN7O. The SMILES string of the molecule is CCNC(=NCC1CCN(CCc2ccccc2)C1)NC1CCc2nc(COC)nn2C1.I. The minimum absolute atomic E-state index is 0. The number of guanidine groups is 1. The highest BCUT2D eigenvalue weighted by molar-refractivity contribution is 14.0. The second kappa shape index (κ2) is 13.2. The Kier molecular flexibility index (Phi) is 10.4. The summed E-state index contributed by atoms with van der Waals surface area (Å²) in [4.78, 5) is 12.1. The van der Waals surface area contributed by atoms with Gasteiger partial charge < -0.3 is 20.3 Å². The number of fused-ring (bicyclic) bond motifs is 1. The monoisotopic (exact) mass is 567 g/mol. The van der Waals surface area contributed by atoms with Gasteiger partial charge in [0.15, 0.2) is 11.8 Å². The maximum absolute atomic E-state index is 5.17. The number of nitrogens with zero attached hydrogens (tertiary/aromatic N) is 5. The van der Waals surface area contributed by atoms with Crippen LogP contribution in [0.2, 0.25) is 0 Å². The predicted octanol–water partition coefficient (Wildman–Crippen LogP) is 2.48. The molecule has 8 nitrogen and oxygen atoms in total. The van der Waals surface area contributed by atoms with Crippen molar-refractivity contribution in [2.75, 3.05) is 39.8 Å². The maximum atomic E-state index is 5.17. The standard InChI is InChI=1S/C24H37N7O.HI/c1-3-25-24(27-21-9-10-23-28-22(18-32-2)29-31(23)17-21)26-15-20-12-14-30(16-20)13-11-19-7-5-4-6-8-19;/h4-8,20-21H,3,9-18H2,1-2H3,(H2,25,26,27);1H. The summed E-state index contributed by atoms with van der Waals surface area (Å²) >= 11 is 0. The number of likely N-dealkylation sites (tertiary alicyclic amines) is 1. The van der Waals surface area contributed by atoms with Gasteiger partial charge in [0.05, 0.1) is 6.54 Å². The van der Waals surface area contributed by atoms with Crippen LogP contribution in [-0.2, 0) is 30.7 Å². The average molecular weight is 568 g/mol. The van der Waals surface area contributed by atoms with E-state index in [0.717, 1.165) is 69.6 Å². The van der Waals surface area contributed by atoms with Gasteiger partial charge in [0.25, 0.3) is 0 Å². The zero-order valence-corrected chi connectivity index (χ0v) is 22.2. The Morgan fingerprint density at radius 2 is 2.06 bits per heavy atom. The minimum atomic E-state index is 0. The molecule has 2 unspecified atom stereocenters. The molecule has 0 aliphatic carbocycles. The molecule has 2 aliphatic rings. The molecule has 4 rings (SSSR count). The first kappa shape index (κ1) is 25.9. The van der Waals surface area contributed by atoms with Crippen LogP contribution in [0.5, 0.6) is 0 Å². The van der Waals surface area contributed by atoms with Gasteiger partial charge in [-0.15, -0.1) is 24.0 Å². The number of benzene rings is 1. The Morgan fingerprint density at radius 3 is 2.85 bits per heavy atom. The van der Waals surface area contributed by atoms with Crippen molar-refractivity contribution in [1.82, 2.24) is 30.3 Å². The molecule has 1 aromatic heterocycles. The van der Waals surface area contributed by atoms with Crippen molar-refractivity contribution < 1.29 is 4.74 Å². The molecule has 0 saturated carbocycles. The molecule has 1 fully saturated rings. The van der Waals surface area contributed by atoms with E-state index in [1.165, 1.54) is 18.5 Å².